The van der Waals surface area contributed by atoms with E-state index in [0.717, 1.165) is 35.6 Å². The quantitative estimate of drug-likeness (QED) is 0.881. The molecule has 106 valence electrons. The van der Waals surface area contributed by atoms with E-state index in [4.69, 9.17) is 0 Å². The number of hydrogen-bond acceptors (Lipinski definition) is 4. The number of aromatic nitrogens is 2. The Labute approximate surface area is 128 Å². The van der Waals surface area contributed by atoms with Gasteiger partial charge in [-0.25, -0.2) is 0 Å². The molecular formula is C15H19BrN4. The first kappa shape index (κ1) is 14.9. The van der Waals surface area contributed by atoms with Gasteiger partial charge >= 0.3 is 0 Å². The highest BCUT2D eigenvalue weighted by Gasteiger charge is 2.04. The Balaban J connectivity index is 1.98. The van der Waals surface area contributed by atoms with Gasteiger partial charge in [-0.1, -0.05) is 35.0 Å². The van der Waals surface area contributed by atoms with Gasteiger partial charge in [0, 0.05) is 24.6 Å². The Morgan fingerprint density at radius 1 is 1.10 bits per heavy atom. The normalized spacial score (nSPS) is 10.6. The van der Waals surface area contributed by atoms with Crippen LogP contribution in [-0.4, -0.2) is 23.8 Å². The lowest BCUT2D eigenvalue weighted by molar-refractivity contribution is 0.696. The standard InChI is InChI=1S/C15H19BrN4/c1-3-17-10-14-8-9-15(19-18-14)20(2)11-12-4-6-13(16)7-5-12/h4-9,17H,3,10-11H2,1-2H3. The Morgan fingerprint density at radius 3 is 2.45 bits per heavy atom. The molecule has 0 amide bonds. The van der Waals surface area contributed by atoms with Crippen LogP contribution in [0.1, 0.15) is 18.2 Å². The smallest absolute Gasteiger partial charge is 0.151 e. The number of halogens is 1. The maximum atomic E-state index is 4.27. The van der Waals surface area contributed by atoms with Crippen molar-refractivity contribution in [1.29, 1.82) is 0 Å². The molecule has 0 saturated heterocycles. The van der Waals surface area contributed by atoms with Gasteiger partial charge in [0.25, 0.3) is 0 Å². The van der Waals surface area contributed by atoms with E-state index in [1.807, 2.05) is 31.3 Å². The molecule has 0 bridgehead atoms. The number of nitrogens with zero attached hydrogens (tertiary/aromatic N) is 3. The van der Waals surface area contributed by atoms with Crippen molar-refractivity contribution >= 4 is 21.7 Å². The predicted molar refractivity (Wildman–Crippen MR) is 85.7 cm³/mol. The molecule has 0 atom stereocenters. The SMILES string of the molecule is CCNCc1ccc(N(C)Cc2ccc(Br)cc2)nn1. The fourth-order valence-corrected chi connectivity index (χ4v) is 2.11. The third kappa shape index (κ3) is 4.28. The van der Waals surface area contributed by atoms with Crippen molar-refractivity contribution in [3.63, 3.8) is 0 Å². The first-order valence-corrected chi connectivity index (χ1v) is 7.47. The first-order valence-electron chi connectivity index (χ1n) is 6.68. The summed E-state index contributed by atoms with van der Waals surface area (Å²) >= 11 is 3.44. The average Bonchev–Trinajstić information content (AvgIpc) is 2.48. The maximum absolute atomic E-state index is 4.27. The Morgan fingerprint density at radius 2 is 1.85 bits per heavy atom. The van der Waals surface area contributed by atoms with Gasteiger partial charge in [0.1, 0.15) is 0 Å². The summed E-state index contributed by atoms with van der Waals surface area (Å²) in [5, 5.41) is 11.7. The molecule has 2 rings (SSSR count). The molecule has 0 aliphatic heterocycles. The van der Waals surface area contributed by atoms with E-state index >= 15 is 0 Å². The van der Waals surface area contributed by atoms with Crippen molar-refractivity contribution < 1.29 is 0 Å². The molecule has 4 nitrogen and oxygen atoms in total. The van der Waals surface area contributed by atoms with Crippen LogP contribution in [0.4, 0.5) is 5.82 Å². The number of hydrogen-bond donors (Lipinski definition) is 1. The topological polar surface area (TPSA) is 41.0 Å². The minimum atomic E-state index is 0.764. The van der Waals surface area contributed by atoms with Gasteiger partial charge < -0.3 is 10.2 Å². The van der Waals surface area contributed by atoms with Crippen LogP contribution < -0.4 is 10.2 Å². The lowest BCUT2D eigenvalue weighted by Gasteiger charge is -2.17. The molecule has 0 saturated carbocycles. The number of anilines is 1. The van der Waals surface area contributed by atoms with Crippen LogP contribution in [0.3, 0.4) is 0 Å². The van der Waals surface area contributed by atoms with Crippen LogP contribution >= 0.6 is 15.9 Å². The van der Waals surface area contributed by atoms with E-state index in [-0.39, 0.29) is 0 Å². The summed E-state index contributed by atoms with van der Waals surface area (Å²) in [6.45, 7) is 4.59. The molecule has 0 aliphatic carbocycles. The van der Waals surface area contributed by atoms with Gasteiger partial charge in [-0.15, -0.1) is 5.10 Å². The van der Waals surface area contributed by atoms with Gasteiger partial charge in [-0.2, -0.15) is 5.10 Å². The third-order valence-corrected chi connectivity index (χ3v) is 3.51. The highest BCUT2D eigenvalue weighted by atomic mass is 79.9. The minimum Gasteiger partial charge on any atom is -0.354 e. The fourth-order valence-electron chi connectivity index (χ4n) is 1.85. The second-order valence-electron chi connectivity index (χ2n) is 4.65. The monoisotopic (exact) mass is 334 g/mol. The summed E-state index contributed by atoms with van der Waals surface area (Å²) in [6, 6.07) is 12.3. The van der Waals surface area contributed by atoms with E-state index in [9.17, 15) is 0 Å². The van der Waals surface area contributed by atoms with E-state index in [1.54, 1.807) is 0 Å². The second-order valence-corrected chi connectivity index (χ2v) is 5.56. The molecule has 1 aromatic heterocycles. The van der Waals surface area contributed by atoms with E-state index in [2.05, 4.69) is 55.4 Å². The van der Waals surface area contributed by atoms with Gasteiger partial charge in [-0.05, 0) is 36.4 Å². The summed E-state index contributed by atoms with van der Waals surface area (Å²) in [4.78, 5) is 2.09. The molecule has 1 heterocycles. The first-order chi connectivity index (χ1) is 9.69. The van der Waals surface area contributed by atoms with Crippen LogP contribution in [0.25, 0.3) is 0 Å². The number of nitrogens with one attached hydrogen (secondary N) is 1. The van der Waals surface area contributed by atoms with Crippen molar-refractivity contribution in [1.82, 2.24) is 15.5 Å². The van der Waals surface area contributed by atoms with Gasteiger partial charge in [0.05, 0.1) is 5.69 Å². The van der Waals surface area contributed by atoms with Crippen molar-refractivity contribution in [2.24, 2.45) is 0 Å². The second kappa shape index (κ2) is 7.36. The summed E-state index contributed by atoms with van der Waals surface area (Å²) in [5.74, 6) is 0.883. The van der Waals surface area contributed by atoms with E-state index in [1.165, 1.54) is 5.56 Å². The van der Waals surface area contributed by atoms with Crippen molar-refractivity contribution in [3.05, 3.63) is 52.1 Å². The summed E-state index contributed by atoms with van der Waals surface area (Å²) in [7, 11) is 2.02. The lowest BCUT2D eigenvalue weighted by Crippen LogP contribution is -2.19. The van der Waals surface area contributed by atoms with Gasteiger partial charge in [0.15, 0.2) is 5.82 Å². The van der Waals surface area contributed by atoms with E-state index < -0.39 is 0 Å². The van der Waals surface area contributed by atoms with Crippen LogP contribution in [0.5, 0.6) is 0 Å². The van der Waals surface area contributed by atoms with Crippen LogP contribution in [0.2, 0.25) is 0 Å². The van der Waals surface area contributed by atoms with Crippen LogP contribution in [0.15, 0.2) is 40.9 Å². The maximum Gasteiger partial charge on any atom is 0.151 e. The average molecular weight is 335 g/mol. The Bertz CT molecular complexity index is 525. The Hall–Kier alpha value is -1.46. The zero-order valence-electron chi connectivity index (χ0n) is 11.8. The molecular weight excluding hydrogens is 316 g/mol. The molecule has 0 radical (unpaired) electrons. The van der Waals surface area contributed by atoms with Crippen LogP contribution in [0, 0.1) is 0 Å². The van der Waals surface area contributed by atoms with E-state index in [0.29, 0.717) is 0 Å². The summed E-state index contributed by atoms with van der Waals surface area (Å²) in [5.41, 5.74) is 2.21. The molecule has 20 heavy (non-hydrogen) atoms. The van der Waals surface area contributed by atoms with Gasteiger partial charge in [-0.3, -0.25) is 0 Å². The Kier molecular flexibility index (Phi) is 5.49. The van der Waals surface area contributed by atoms with Gasteiger partial charge in [0.2, 0.25) is 0 Å². The van der Waals surface area contributed by atoms with Crippen LogP contribution in [-0.2, 0) is 13.1 Å². The summed E-state index contributed by atoms with van der Waals surface area (Å²) < 4.78 is 1.09. The largest absolute Gasteiger partial charge is 0.354 e. The number of rotatable bonds is 6. The molecule has 1 N–H and O–H groups in total. The fraction of sp³-hybridized carbons (Fsp3) is 0.333. The lowest BCUT2D eigenvalue weighted by atomic mass is 10.2. The highest BCUT2D eigenvalue weighted by Crippen LogP contribution is 2.15. The zero-order valence-corrected chi connectivity index (χ0v) is 13.4. The van der Waals surface area contributed by atoms with Crippen molar-refractivity contribution in [2.45, 2.75) is 20.0 Å². The highest BCUT2D eigenvalue weighted by molar-refractivity contribution is 9.10. The molecule has 0 aliphatic rings. The molecule has 0 fully saturated rings. The molecule has 1 aromatic carbocycles. The summed E-state index contributed by atoms with van der Waals surface area (Å²) in [6.07, 6.45) is 0. The predicted octanol–water partition coefficient (Wildman–Crippen LogP) is 2.99. The van der Waals surface area contributed by atoms with Crippen molar-refractivity contribution in [2.75, 3.05) is 18.5 Å². The molecule has 0 unspecified atom stereocenters. The van der Waals surface area contributed by atoms with Crippen molar-refractivity contribution in [3.8, 4) is 0 Å². The number of benzene rings is 1. The minimum absolute atomic E-state index is 0.764. The zero-order chi connectivity index (χ0) is 14.4. The third-order valence-electron chi connectivity index (χ3n) is 2.99. The molecule has 5 heteroatoms. The molecule has 2 aromatic rings. The molecule has 0 spiro atoms.